The summed E-state index contributed by atoms with van der Waals surface area (Å²) in [5.74, 6) is 1.99. The molecule has 0 unspecified atom stereocenters. The summed E-state index contributed by atoms with van der Waals surface area (Å²) >= 11 is 5.47. The highest BCUT2D eigenvalue weighted by molar-refractivity contribution is 7.23. The van der Waals surface area contributed by atoms with Gasteiger partial charge in [-0.3, -0.25) is 0 Å². The quantitative estimate of drug-likeness (QED) is 0.319. The molecular weight excluding hydrogens is 376 g/mol. The van der Waals surface area contributed by atoms with Gasteiger partial charge in [-0.1, -0.05) is 20.8 Å². The van der Waals surface area contributed by atoms with Gasteiger partial charge in [-0.05, 0) is 77.0 Å². The molecule has 0 saturated heterocycles. The van der Waals surface area contributed by atoms with Crippen LogP contribution < -0.4 is 0 Å². The predicted molar refractivity (Wildman–Crippen MR) is 117 cm³/mol. The van der Waals surface area contributed by atoms with E-state index in [0.717, 1.165) is 30.8 Å². The smallest absolute Gasteiger partial charge is 0.145 e. The SMILES string of the molecule is CCc1ccsc1-c1ccc(-c2sc(-c3sccc3CC)cc2CC)o1. The van der Waals surface area contributed by atoms with E-state index in [1.54, 1.807) is 11.3 Å². The van der Waals surface area contributed by atoms with Crippen LogP contribution in [0.25, 0.3) is 31.0 Å². The topological polar surface area (TPSA) is 13.1 Å². The summed E-state index contributed by atoms with van der Waals surface area (Å²) in [4.78, 5) is 5.32. The number of hydrogen-bond donors (Lipinski definition) is 0. The minimum Gasteiger partial charge on any atom is -0.454 e. The Balaban J connectivity index is 1.75. The molecule has 0 N–H and O–H groups in total. The van der Waals surface area contributed by atoms with Gasteiger partial charge in [0.05, 0.1) is 9.75 Å². The van der Waals surface area contributed by atoms with Gasteiger partial charge in [0.25, 0.3) is 0 Å². The summed E-state index contributed by atoms with van der Waals surface area (Å²) in [6, 6.07) is 11.1. The molecule has 1 nitrogen and oxygen atoms in total. The Hall–Kier alpha value is -1.62. The van der Waals surface area contributed by atoms with Gasteiger partial charge in [-0.15, -0.1) is 34.0 Å². The lowest BCUT2D eigenvalue weighted by molar-refractivity contribution is 0.599. The van der Waals surface area contributed by atoms with Crippen molar-refractivity contribution in [2.45, 2.75) is 40.0 Å². The third kappa shape index (κ3) is 3.11. The van der Waals surface area contributed by atoms with E-state index in [4.69, 9.17) is 4.42 Å². The first-order valence-corrected chi connectivity index (χ1v) is 11.7. The zero-order chi connectivity index (χ0) is 18.1. The Bertz CT molecular complexity index is 1010. The molecule has 0 atom stereocenters. The normalized spacial score (nSPS) is 11.3. The highest BCUT2D eigenvalue weighted by Gasteiger charge is 2.18. The van der Waals surface area contributed by atoms with Crippen LogP contribution in [0.3, 0.4) is 0 Å². The molecule has 0 aliphatic carbocycles. The Morgan fingerprint density at radius 2 is 1.27 bits per heavy atom. The van der Waals surface area contributed by atoms with Crippen molar-refractivity contribution in [2.24, 2.45) is 0 Å². The van der Waals surface area contributed by atoms with E-state index in [1.807, 2.05) is 22.7 Å². The second-order valence-electron chi connectivity index (χ2n) is 6.24. The molecule has 0 amide bonds. The first-order chi connectivity index (χ1) is 12.7. The lowest BCUT2D eigenvalue weighted by atomic mass is 10.1. The van der Waals surface area contributed by atoms with Crippen molar-refractivity contribution >= 4 is 34.0 Å². The fourth-order valence-electron chi connectivity index (χ4n) is 3.25. The van der Waals surface area contributed by atoms with Crippen LogP contribution in [0.2, 0.25) is 0 Å². The lowest BCUT2D eigenvalue weighted by Crippen LogP contribution is -1.79. The van der Waals surface area contributed by atoms with Crippen molar-refractivity contribution in [3.05, 3.63) is 57.8 Å². The molecule has 4 heteroatoms. The van der Waals surface area contributed by atoms with Gasteiger partial charge in [-0.25, -0.2) is 0 Å². The monoisotopic (exact) mass is 398 g/mol. The number of aryl methyl sites for hydroxylation is 3. The first-order valence-electron chi connectivity index (χ1n) is 9.11. The minimum atomic E-state index is 0.995. The van der Waals surface area contributed by atoms with Gasteiger partial charge >= 0.3 is 0 Å². The van der Waals surface area contributed by atoms with Gasteiger partial charge in [0.1, 0.15) is 11.5 Å². The van der Waals surface area contributed by atoms with Crippen LogP contribution in [0.5, 0.6) is 0 Å². The maximum atomic E-state index is 6.31. The Kier molecular flexibility index (Phi) is 5.16. The predicted octanol–water partition coefficient (Wildman–Crippen LogP) is 8.15. The Morgan fingerprint density at radius 1 is 0.692 bits per heavy atom. The van der Waals surface area contributed by atoms with Crippen molar-refractivity contribution in [1.82, 2.24) is 0 Å². The van der Waals surface area contributed by atoms with E-state index < -0.39 is 0 Å². The Labute approximate surface area is 167 Å². The standard InChI is InChI=1S/C22H22OS3/c1-4-14-9-11-24-20(14)17-7-8-18(23-17)21-16(6-3)13-19(26-21)22-15(5-2)10-12-25-22/h7-13H,4-6H2,1-3H3. The molecule has 26 heavy (non-hydrogen) atoms. The van der Waals surface area contributed by atoms with Crippen LogP contribution >= 0.6 is 34.0 Å². The second kappa shape index (κ2) is 7.55. The molecule has 0 saturated carbocycles. The van der Waals surface area contributed by atoms with Crippen LogP contribution in [0.4, 0.5) is 0 Å². The van der Waals surface area contributed by atoms with Gasteiger partial charge in [0.2, 0.25) is 0 Å². The Morgan fingerprint density at radius 3 is 1.92 bits per heavy atom. The van der Waals surface area contributed by atoms with Crippen LogP contribution in [-0.2, 0) is 19.3 Å². The third-order valence-electron chi connectivity index (χ3n) is 4.72. The van der Waals surface area contributed by atoms with Crippen molar-refractivity contribution in [2.75, 3.05) is 0 Å². The number of rotatable bonds is 6. The maximum Gasteiger partial charge on any atom is 0.145 e. The summed E-state index contributed by atoms with van der Waals surface area (Å²) in [5, 5.41) is 4.35. The van der Waals surface area contributed by atoms with Crippen LogP contribution in [-0.4, -0.2) is 0 Å². The number of thiophene rings is 3. The second-order valence-corrected chi connectivity index (χ2v) is 9.12. The fraction of sp³-hybridized carbons (Fsp3) is 0.273. The summed E-state index contributed by atoms with van der Waals surface area (Å²) in [7, 11) is 0. The van der Waals surface area contributed by atoms with Gasteiger partial charge < -0.3 is 4.42 Å². The summed E-state index contributed by atoms with van der Waals surface area (Å²) < 4.78 is 6.31. The molecule has 4 heterocycles. The molecule has 0 spiro atoms. The molecule has 4 aromatic heterocycles. The third-order valence-corrected chi connectivity index (χ3v) is 8.02. The highest BCUT2D eigenvalue weighted by atomic mass is 32.1. The molecule has 4 rings (SSSR count). The van der Waals surface area contributed by atoms with Gasteiger partial charge in [0.15, 0.2) is 0 Å². The van der Waals surface area contributed by atoms with E-state index in [-0.39, 0.29) is 0 Å². The average Bonchev–Trinajstić information content (AvgIpc) is 3.45. The molecule has 4 aromatic rings. The number of hydrogen-bond acceptors (Lipinski definition) is 4. The maximum absolute atomic E-state index is 6.31. The molecule has 0 aliphatic rings. The summed E-state index contributed by atoms with van der Waals surface area (Å²) in [5.41, 5.74) is 4.18. The van der Waals surface area contributed by atoms with Gasteiger partial charge in [-0.2, -0.15) is 0 Å². The molecule has 134 valence electrons. The van der Waals surface area contributed by atoms with E-state index in [0.29, 0.717) is 0 Å². The fourth-order valence-corrected chi connectivity index (χ4v) is 6.58. The zero-order valence-electron chi connectivity index (χ0n) is 15.3. The molecule has 0 aromatic carbocycles. The molecule has 0 bridgehead atoms. The van der Waals surface area contributed by atoms with Crippen LogP contribution in [0.15, 0.2) is 45.5 Å². The molecular formula is C22H22OS3. The average molecular weight is 399 g/mol. The van der Waals surface area contributed by atoms with E-state index in [9.17, 15) is 0 Å². The van der Waals surface area contributed by atoms with Gasteiger partial charge in [0, 0.05) is 9.75 Å². The molecule has 0 aliphatic heterocycles. The zero-order valence-corrected chi connectivity index (χ0v) is 17.7. The largest absolute Gasteiger partial charge is 0.454 e. The molecule has 0 radical (unpaired) electrons. The molecule has 0 fully saturated rings. The minimum absolute atomic E-state index is 0.995. The van der Waals surface area contributed by atoms with Crippen LogP contribution in [0, 0.1) is 0 Å². The van der Waals surface area contributed by atoms with E-state index >= 15 is 0 Å². The van der Waals surface area contributed by atoms with E-state index in [1.165, 1.54) is 36.2 Å². The van der Waals surface area contributed by atoms with Crippen molar-refractivity contribution in [3.8, 4) is 31.0 Å². The number of furan rings is 1. The highest BCUT2D eigenvalue weighted by Crippen LogP contribution is 2.43. The van der Waals surface area contributed by atoms with Crippen LogP contribution in [0.1, 0.15) is 37.5 Å². The lowest BCUT2D eigenvalue weighted by Gasteiger charge is -1.99. The van der Waals surface area contributed by atoms with Crippen molar-refractivity contribution in [3.63, 3.8) is 0 Å². The summed E-state index contributed by atoms with van der Waals surface area (Å²) in [6.07, 6.45) is 3.14. The van der Waals surface area contributed by atoms with Crippen molar-refractivity contribution in [1.29, 1.82) is 0 Å². The van der Waals surface area contributed by atoms with E-state index in [2.05, 4.69) is 61.9 Å². The first kappa shape index (κ1) is 17.8. The van der Waals surface area contributed by atoms with Crippen molar-refractivity contribution < 1.29 is 4.42 Å². The summed E-state index contributed by atoms with van der Waals surface area (Å²) in [6.45, 7) is 6.65.